The van der Waals surface area contributed by atoms with Gasteiger partial charge >= 0.3 is 0 Å². The molecule has 1 N–H and O–H groups in total. The van der Waals surface area contributed by atoms with Crippen molar-refractivity contribution in [3.05, 3.63) is 39.9 Å². The lowest BCUT2D eigenvalue weighted by Gasteiger charge is -2.14. The Morgan fingerprint density at radius 3 is 3.00 bits per heavy atom. The molecular weight excluding hydrogens is 238 g/mol. The second-order valence-electron chi connectivity index (χ2n) is 4.22. The van der Waals surface area contributed by atoms with Crippen molar-refractivity contribution in [3.8, 4) is 0 Å². The van der Waals surface area contributed by atoms with Crippen LogP contribution in [-0.4, -0.2) is 22.6 Å². The molecule has 0 spiro atoms. The Labute approximate surface area is 103 Å². The molecule has 1 aliphatic heterocycles. The molecule has 1 aliphatic rings. The molecule has 2 aromatic rings. The zero-order valence-corrected chi connectivity index (χ0v) is 9.94. The molecule has 5 heteroatoms. The average molecular weight is 250 g/mol. The Morgan fingerprint density at radius 1 is 1.41 bits per heavy atom. The summed E-state index contributed by atoms with van der Waals surface area (Å²) in [6.45, 7) is 1.69. The van der Waals surface area contributed by atoms with Crippen LogP contribution in [0.5, 0.6) is 0 Å². The van der Waals surface area contributed by atoms with Gasteiger partial charge in [0, 0.05) is 6.54 Å². The first-order valence-electron chi connectivity index (χ1n) is 5.65. The van der Waals surface area contributed by atoms with E-state index in [-0.39, 0.29) is 16.9 Å². The number of para-hydroxylation sites is 1. The van der Waals surface area contributed by atoms with Crippen LogP contribution in [0.25, 0.3) is 10.9 Å². The zero-order chi connectivity index (χ0) is 11.8. The van der Waals surface area contributed by atoms with Gasteiger partial charge in [0.2, 0.25) is 5.28 Å². The van der Waals surface area contributed by atoms with Crippen molar-refractivity contribution in [2.45, 2.75) is 12.5 Å². The minimum atomic E-state index is -0.0469. The molecule has 4 nitrogen and oxygen atoms in total. The van der Waals surface area contributed by atoms with Crippen molar-refractivity contribution in [1.29, 1.82) is 0 Å². The maximum atomic E-state index is 12.3. The fraction of sp³-hybridized carbons (Fsp3) is 0.333. The fourth-order valence-electron chi connectivity index (χ4n) is 2.30. The van der Waals surface area contributed by atoms with Crippen LogP contribution in [0.3, 0.4) is 0 Å². The lowest BCUT2D eigenvalue weighted by atomic mass is 10.2. The molecule has 0 radical (unpaired) electrons. The lowest BCUT2D eigenvalue weighted by Crippen LogP contribution is -2.27. The number of hydrogen-bond donors (Lipinski definition) is 1. The van der Waals surface area contributed by atoms with Crippen molar-refractivity contribution in [2.75, 3.05) is 13.1 Å². The maximum absolute atomic E-state index is 12.3. The number of hydrogen-bond acceptors (Lipinski definition) is 3. The van der Waals surface area contributed by atoms with Gasteiger partial charge in [-0.3, -0.25) is 9.36 Å². The van der Waals surface area contributed by atoms with E-state index in [0.29, 0.717) is 10.9 Å². The molecule has 0 saturated carbocycles. The van der Waals surface area contributed by atoms with E-state index in [1.54, 1.807) is 16.7 Å². The highest BCUT2D eigenvalue weighted by Crippen LogP contribution is 2.19. The molecule has 0 amide bonds. The highest BCUT2D eigenvalue weighted by atomic mass is 35.5. The molecule has 1 fully saturated rings. The van der Waals surface area contributed by atoms with Crippen LogP contribution < -0.4 is 10.9 Å². The van der Waals surface area contributed by atoms with E-state index in [9.17, 15) is 4.79 Å². The molecule has 0 bridgehead atoms. The monoisotopic (exact) mass is 249 g/mol. The largest absolute Gasteiger partial charge is 0.315 e. The van der Waals surface area contributed by atoms with E-state index in [1.165, 1.54) is 0 Å². The zero-order valence-electron chi connectivity index (χ0n) is 9.19. The lowest BCUT2D eigenvalue weighted by molar-refractivity contribution is 0.526. The van der Waals surface area contributed by atoms with Crippen LogP contribution in [0.2, 0.25) is 5.28 Å². The molecule has 3 rings (SSSR count). The molecule has 2 heterocycles. The standard InChI is InChI=1S/C12H12ClN3O/c13-12-15-10-4-2-1-3-9(10)11(17)16(12)8-5-6-14-7-8/h1-4,8,14H,5-7H2. The number of nitrogens with one attached hydrogen (secondary N) is 1. The highest BCUT2D eigenvalue weighted by Gasteiger charge is 2.21. The topological polar surface area (TPSA) is 46.9 Å². The molecule has 1 aromatic heterocycles. The normalized spacial score (nSPS) is 19.9. The molecule has 1 unspecified atom stereocenters. The summed E-state index contributed by atoms with van der Waals surface area (Å²) in [6, 6.07) is 7.41. The summed E-state index contributed by atoms with van der Waals surface area (Å²) in [5, 5.41) is 4.14. The van der Waals surface area contributed by atoms with Gasteiger partial charge in [-0.2, -0.15) is 0 Å². The molecule has 88 valence electrons. The van der Waals surface area contributed by atoms with Crippen LogP contribution in [-0.2, 0) is 0 Å². The SMILES string of the molecule is O=c1c2ccccc2nc(Cl)n1C1CCNC1. The van der Waals surface area contributed by atoms with Crippen molar-refractivity contribution < 1.29 is 0 Å². The molecular formula is C12H12ClN3O. The summed E-state index contributed by atoms with van der Waals surface area (Å²) in [5.74, 6) is 0. The molecule has 1 atom stereocenters. The minimum absolute atomic E-state index is 0.0469. The van der Waals surface area contributed by atoms with Gasteiger partial charge in [0.05, 0.1) is 16.9 Å². The number of aromatic nitrogens is 2. The van der Waals surface area contributed by atoms with Crippen LogP contribution >= 0.6 is 11.6 Å². The second kappa shape index (κ2) is 4.13. The maximum Gasteiger partial charge on any atom is 0.262 e. The fourth-order valence-corrected chi connectivity index (χ4v) is 2.60. The second-order valence-corrected chi connectivity index (χ2v) is 4.56. The molecule has 1 saturated heterocycles. The number of benzene rings is 1. The van der Waals surface area contributed by atoms with Crippen molar-refractivity contribution in [3.63, 3.8) is 0 Å². The van der Waals surface area contributed by atoms with Gasteiger partial charge in [-0.05, 0) is 36.7 Å². The van der Waals surface area contributed by atoms with Gasteiger partial charge < -0.3 is 5.32 Å². The molecule has 0 aliphatic carbocycles. The average Bonchev–Trinajstić information content (AvgIpc) is 2.83. The van der Waals surface area contributed by atoms with E-state index in [2.05, 4.69) is 10.3 Å². The third-order valence-corrected chi connectivity index (χ3v) is 3.43. The third-order valence-electron chi connectivity index (χ3n) is 3.16. The van der Waals surface area contributed by atoms with Crippen LogP contribution in [0.1, 0.15) is 12.5 Å². The first-order chi connectivity index (χ1) is 8.27. The Hall–Kier alpha value is -1.39. The van der Waals surface area contributed by atoms with Gasteiger partial charge in [0.25, 0.3) is 5.56 Å². The first kappa shape index (κ1) is 10.7. The first-order valence-corrected chi connectivity index (χ1v) is 6.02. The predicted molar refractivity (Wildman–Crippen MR) is 67.5 cm³/mol. The van der Waals surface area contributed by atoms with E-state index in [0.717, 1.165) is 19.5 Å². The number of rotatable bonds is 1. The van der Waals surface area contributed by atoms with Gasteiger partial charge in [0.15, 0.2) is 0 Å². The molecule has 1 aromatic carbocycles. The summed E-state index contributed by atoms with van der Waals surface area (Å²) in [4.78, 5) is 16.6. The Morgan fingerprint density at radius 2 is 2.24 bits per heavy atom. The number of nitrogens with zero attached hydrogens (tertiary/aromatic N) is 2. The van der Waals surface area contributed by atoms with Gasteiger partial charge in [-0.1, -0.05) is 12.1 Å². The predicted octanol–water partition coefficient (Wildman–Crippen LogP) is 1.58. The summed E-state index contributed by atoms with van der Waals surface area (Å²) in [5.41, 5.74) is 0.610. The highest BCUT2D eigenvalue weighted by molar-refractivity contribution is 6.28. The van der Waals surface area contributed by atoms with Gasteiger partial charge in [-0.15, -0.1) is 0 Å². The van der Waals surface area contributed by atoms with E-state index in [4.69, 9.17) is 11.6 Å². The third kappa shape index (κ3) is 1.73. The van der Waals surface area contributed by atoms with Gasteiger partial charge in [-0.25, -0.2) is 4.98 Å². The quantitative estimate of drug-likeness (QED) is 0.781. The van der Waals surface area contributed by atoms with Crippen LogP contribution in [0.15, 0.2) is 29.1 Å². The Balaban J connectivity index is 2.27. The smallest absolute Gasteiger partial charge is 0.262 e. The summed E-state index contributed by atoms with van der Waals surface area (Å²) in [7, 11) is 0. The summed E-state index contributed by atoms with van der Waals surface area (Å²) in [6.07, 6.45) is 0.916. The van der Waals surface area contributed by atoms with Gasteiger partial charge in [0.1, 0.15) is 0 Å². The summed E-state index contributed by atoms with van der Waals surface area (Å²) >= 11 is 6.11. The van der Waals surface area contributed by atoms with E-state index >= 15 is 0 Å². The van der Waals surface area contributed by atoms with Crippen molar-refractivity contribution in [2.24, 2.45) is 0 Å². The Kier molecular flexibility index (Phi) is 2.61. The minimum Gasteiger partial charge on any atom is -0.315 e. The van der Waals surface area contributed by atoms with Crippen molar-refractivity contribution in [1.82, 2.24) is 14.9 Å². The van der Waals surface area contributed by atoms with Crippen molar-refractivity contribution >= 4 is 22.5 Å². The van der Waals surface area contributed by atoms with E-state index in [1.807, 2.05) is 12.1 Å². The van der Waals surface area contributed by atoms with Crippen LogP contribution in [0.4, 0.5) is 0 Å². The van der Waals surface area contributed by atoms with E-state index < -0.39 is 0 Å². The van der Waals surface area contributed by atoms with Crippen LogP contribution in [0, 0.1) is 0 Å². The Bertz CT molecular complexity index is 617. The summed E-state index contributed by atoms with van der Waals surface area (Å²) < 4.78 is 1.60. The molecule has 17 heavy (non-hydrogen) atoms. The number of halogens is 1. The number of fused-ring (bicyclic) bond motifs is 1.